The molecule has 0 bridgehead atoms. The van der Waals surface area contributed by atoms with Crippen molar-refractivity contribution in [2.45, 2.75) is 6.10 Å². The van der Waals surface area contributed by atoms with E-state index < -0.39 is 6.10 Å². The zero-order valence-corrected chi connectivity index (χ0v) is 9.20. The summed E-state index contributed by atoms with van der Waals surface area (Å²) in [5.74, 6) is 0.758. The summed E-state index contributed by atoms with van der Waals surface area (Å²) in [7, 11) is 3.55. The van der Waals surface area contributed by atoms with Crippen molar-refractivity contribution in [1.29, 1.82) is 0 Å². The molecular formula is C9H19NO2S. The summed E-state index contributed by atoms with van der Waals surface area (Å²) in [6.45, 7) is 1.85. The highest BCUT2D eigenvalue weighted by Crippen LogP contribution is 1.90. The predicted molar refractivity (Wildman–Crippen MR) is 58.4 cm³/mol. The van der Waals surface area contributed by atoms with Gasteiger partial charge >= 0.3 is 0 Å². The topological polar surface area (TPSA) is 32.7 Å². The van der Waals surface area contributed by atoms with Crippen molar-refractivity contribution in [3.63, 3.8) is 0 Å². The van der Waals surface area contributed by atoms with Gasteiger partial charge in [-0.1, -0.05) is 12.2 Å². The van der Waals surface area contributed by atoms with Crippen LogP contribution in [0.1, 0.15) is 0 Å². The molecular weight excluding hydrogens is 186 g/mol. The number of hydrogen-bond donors (Lipinski definition) is 2. The van der Waals surface area contributed by atoms with Gasteiger partial charge < -0.3 is 14.7 Å². The van der Waals surface area contributed by atoms with Gasteiger partial charge in [-0.05, 0) is 7.05 Å². The predicted octanol–water partition coefficient (Wildman–Crippen LogP) is 0.412. The molecule has 3 nitrogen and oxygen atoms in total. The highest BCUT2D eigenvalue weighted by Gasteiger charge is 2.05. The first-order valence-electron chi connectivity index (χ1n) is 4.32. The summed E-state index contributed by atoms with van der Waals surface area (Å²) in [5, 5.41) is 9.37. The molecule has 1 atom stereocenters. The maximum atomic E-state index is 9.37. The normalized spacial score (nSPS) is 14.2. The summed E-state index contributed by atoms with van der Waals surface area (Å²) in [6.07, 6.45) is 3.62. The van der Waals surface area contributed by atoms with Gasteiger partial charge in [0.05, 0.1) is 12.7 Å². The molecule has 0 amide bonds. The molecule has 0 aliphatic rings. The van der Waals surface area contributed by atoms with Crippen LogP contribution in [-0.2, 0) is 4.74 Å². The lowest BCUT2D eigenvalue weighted by Gasteiger charge is -2.18. The second kappa shape index (κ2) is 8.56. The Morgan fingerprint density at radius 1 is 1.54 bits per heavy atom. The van der Waals surface area contributed by atoms with Crippen molar-refractivity contribution < 1.29 is 9.84 Å². The highest BCUT2D eigenvalue weighted by molar-refractivity contribution is 7.80. The van der Waals surface area contributed by atoms with Crippen LogP contribution in [0.2, 0.25) is 0 Å². The molecule has 0 aromatic carbocycles. The van der Waals surface area contributed by atoms with Crippen LogP contribution in [0, 0.1) is 0 Å². The van der Waals surface area contributed by atoms with E-state index >= 15 is 0 Å². The van der Waals surface area contributed by atoms with Gasteiger partial charge in [0.25, 0.3) is 0 Å². The molecule has 0 spiro atoms. The number of likely N-dealkylation sites (N-methyl/N-ethyl adjacent to an activating group) is 1. The van der Waals surface area contributed by atoms with Crippen LogP contribution in [0.4, 0.5) is 0 Å². The van der Waals surface area contributed by atoms with E-state index in [-0.39, 0.29) is 0 Å². The molecule has 0 aromatic rings. The minimum Gasteiger partial charge on any atom is -0.389 e. The third-order valence-electron chi connectivity index (χ3n) is 1.57. The van der Waals surface area contributed by atoms with Gasteiger partial charge in [-0.3, -0.25) is 0 Å². The molecule has 0 saturated carbocycles. The van der Waals surface area contributed by atoms with Gasteiger partial charge in [0.15, 0.2) is 0 Å². The lowest BCUT2D eigenvalue weighted by Crippen LogP contribution is -2.32. The first-order chi connectivity index (χ1) is 6.20. The third kappa shape index (κ3) is 8.30. The first-order valence-corrected chi connectivity index (χ1v) is 4.95. The van der Waals surface area contributed by atoms with E-state index in [9.17, 15) is 5.11 Å². The Morgan fingerprint density at radius 3 is 2.77 bits per heavy atom. The number of rotatable bonds is 7. The van der Waals surface area contributed by atoms with Crippen molar-refractivity contribution in [1.82, 2.24) is 4.90 Å². The number of ether oxygens (including phenoxy) is 1. The van der Waals surface area contributed by atoms with E-state index in [0.717, 1.165) is 12.3 Å². The molecule has 0 aliphatic heterocycles. The molecule has 1 N–H and O–H groups in total. The molecule has 0 radical (unpaired) electrons. The van der Waals surface area contributed by atoms with Crippen molar-refractivity contribution in [2.75, 3.05) is 39.6 Å². The Morgan fingerprint density at radius 2 is 2.23 bits per heavy atom. The van der Waals surface area contributed by atoms with Crippen LogP contribution in [0.5, 0.6) is 0 Å². The number of aliphatic hydroxyl groups is 1. The van der Waals surface area contributed by atoms with E-state index in [2.05, 4.69) is 12.6 Å². The smallest absolute Gasteiger partial charge is 0.0900 e. The Kier molecular flexibility index (Phi) is 8.54. The fraction of sp³-hybridized carbons (Fsp3) is 0.778. The molecule has 4 heteroatoms. The Bertz CT molecular complexity index is 142. The van der Waals surface area contributed by atoms with E-state index in [0.29, 0.717) is 13.2 Å². The van der Waals surface area contributed by atoms with E-state index in [1.54, 1.807) is 7.11 Å². The van der Waals surface area contributed by atoms with Gasteiger partial charge in [0.1, 0.15) is 0 Å². The Hall–Kier alpha value is -0.0300. The van der Waals surface area contributed by atoms with Crippen LogP contribution in [-0.4, -0.2) is 55.7 Å². The number of methoxy groups -OCH3 is 1. The molecule has 0 rings (SSSR count). The molecule has 0 aliphatic carbocycles. The van der Waals surface area contributed by atoms with Crippen LogP contribution < -0.4 is 0 Å². The number of aliphatic hydroxyl groups excluding tert-OH is 1. The van der Waals surface area contributed by atoms with Crippen molar-refractivity contribution in [3.05, 3.63) is 12.2 Å². The fourth-order valence-corrected chi connectivity index (χ4v) is 1.16. The molecule has 0 aromatic heterocycles. The largest absolute Gasteiger partial charge is 0.389 e. The lowest BCUT2D eigenvalue weighted by atomic mass is 10.3. The molecule has 78 valence electrons. The van der Waals surface area contributed by atoms with Gasteiger partial charge in [0.2, 0.25) is 0 Å². The fourth-order valence-electron chi connectivity index (χ4n) is 1.01. The maximum Gasteiger partial charge on any atom is 0.0900 e. The summed E-state index contributed by atoms with van der Waals surface area (Å²) in [6, 6.07) is 0. The van der Waals surface area contributed by atoms with Gasteiger partial charge in [-0.2, -0.15) is 12.6 Å². The van der Waals surface area contributed by atoms with Crippen LogP contribution in [0.3, 0.4) is 0 Å². The summed E-state index contributed by atoms with van der Waals surface area (Å²) >= 11 is 4.05. The molecule has 1 unspecified atom stereocenters. The second-order valence-corrected chi connectivity index (χ2v) is 3.35. The first kappa shape index (κ1) is 13.0. The van der Waals surface area contributed by atoms with Gasteiger partial charge in [-0.15, -0.1) is 0 Å². The minimum atomic E-state index is -0.403. The number of thiol groups is 1. The number of hydrogen-bond acceptors (Lipinski definition) is 4. The molecule has 0 saturated heterocycles. The SMILES string of the molecule is COCC(O)CN(C)CC=CCS. The summed E-state index contributed by atoms with van der Waals surface area (Å²) in [5.41, 5.74) is 0. The zero-order valence-electron chi connectivity index (χ0n) is 8.31. The standard InChI is InChI=1S/C9H19NO2S/c1-10(5-3-4-6-13)7-9(11)8-12-2/h3-4,9,11,13H,5-8H2,1-2H3. The van der Waals surface area contributed by atoms with Crippen LogP contribution in [0.25, 0.3) is 0 Å². The van der Waals surface area contributed by atoms with E-state index in [1.807, 2.05) is 24.1 Å². The molecule has 0 fully saturated rings. The zero-order chi connectivity index (χ0) is 10.1. The van der Waals surface area contributed by atoms with Gasteiger partial charge in [-0.25, -0.2) is 0 Å². The monoisotopic (exact) mass is 205 g/mol. The lowest BCUT2D eigenvalue weighted by molar-refractivity contribution is 0.0454. The minimum absolute atomic E-state index is 0.390. The van der Waals surface area contributed by atoms with E-state index in [1.165, 1.54) is 0 Å². The van der Waals surface area contributed by atoms with Crippen molar-refractivity contribution in [3.8, 4) is 0 Å². The average Bonchev–Trinajstić information content (AvgIpc) is 2.05. The van der Waals surface area contributed by atoms with Gasteiger partial charge in [0, 0.05) is 26.0 Å². The third-order valence-corrected chi connectivity index (χ3v) is 1.78. The Labute approximate surface area is 85.8 Å². The summed E-state index contributed by atoms with van der Waals surface area (Å²) < 4.78 is 4.82. The quantitative estimate of drug-likeness (QED) is 0.466. The second-order valence-electron chi connectivity index (χ2n) is 2.98. The molecule has 0 heterocycles. The number of nitrogens with zero attached hydrogens (tertiary/aromatic N) is 1. The van der Waals surface area contributed by atoms with Crippen LogP contribution >= 0.6 is 12.6 Å². The van der Waals surface area contributed by atoms with Crippen LogP contribution in [0.15, 0.2) is 12.2 Å². The Balaban J connectivity index is 3.48. The maximum absolute atomic E-state index is 9.37. The average molecular weight is 205 g/mol. The van der Waals surface area contributed by atoms with Crippen molar-refractivity contribution >= 4 is 12.6 Å². The molecule has 13 heavy (non-hydrogen) atoms. The highest BCUT2D eigenvalue weighted by atomic mass is 32.1. The van der Waals surface area contributed by atoms with E-state index in [4.69, 9.17) is 4.74 Å². The summed E-state index contributed by atoms with van der Waals surface area (Å²) in [4.78, 5) is 2.03. The van der Waals surface area contributed by atoms with Crippen molar-refractivity contribution in [2.24, 2.45) is 0 Å².